The van der Waals surface area contributed by atoms with Gasteiger partial charge in [-0.1, -0.05) is 17.4 Å². The van der Waals surface area contributed by atoms with Gasteiger partial charge in [-0.2, -0.15) is 5.26 Å². The Balaban J connectivity index is 1.37. The third-order valence-electron chi connectivity index (χ3n) is 5.94. The molecule has 3 aromatic heterocycles. The van der Waals surface area contributed by atoms with Crippen molar-refractivity contribution < 1.29 is 10.2 Å². The Labute approximate surface area is 201 Å². The second-order valence-corrected chi connectivity index (χ2v) is 9.49. The summed E-state index contributed by atoms with van der Waals surface area (Å²) in [7, 11) is 0. The predicted molar refractivity (Wildman–Crippen MR) is 133 cm³/mol. The van der Waals surface area contributed by atoms with Gasteiger partial charge in [0, 0.05) is 24.0 Å². The maximum absolute atomic E-state index is 9.74. The molecule has 0 bridgehead atoms. The molecule has 172 valence electrons. The van der Waals surface area contributed by atoms with E-state index < -0.39 is 0 Å². The van der Waals surface area contributed by atoms with Crippen molar-refractivity contribution >= 4 is 38.3 Å². The van der Waals surface area contributed by atoms with E-state index in [4.69, 9.17) is 5.26 Å². The fourth-order valence-electron chi connectivity index (χ4n) is 4.17. The SMILES string of the molecule is N#Cc1cncc(-c2ccc3nc(Nc4cc(CO)cc(NC5CCC(O)CC5)n4)sc3c2)c1. The summed E-state index contributed by atoms with van der Waals surface area (Å²) < 4.78 is 1.000. The third-order valence-corrected chi connectivity index (χ3v) is 6.87. The summed E-state index contributed by atoms with van der Waals surface area (Å²) in [5, 5.41) is 36.0. The maximum atomic E-state index is 9.74. The predicted octanol–water partition coefficient (Wildman–Crippen LogP) is 4.58. The number of nitriles is 1. The molecule has 1 fully saturated rings. The minimum absolute atomic E-state index is 0.0890. The minimum atomic E-state index is -0.210. The van der Waals surface area contributed by atoms with Gasteiger partial charge in [-0.3, -0.25) is 4.98 Å². The lowest BCUT2D eigenvalue weighted by atomic mass is 9.93. The number of aromatic nitrogens is 3. The van der Waals surface area contributed by atoms with E-state index in [1.807, 2.05) is 36.4 Å². The quantitative estimate of drug-likeness (QED) is 0.321. The molecule has 0 radical (unpaired) electrons. The van der Waals surface area contributed by atoms with Gasteiger partial charge in [0.1, 0.15) is 17.7 Å². The van der Waals surface area contributed by atoms with Crippen molar-refractivity contribution in [3.63, 3.8) is 0 Å². The number of hydrogen-bond donors (Lipinski definition) is 4. The third kappa shape index (κ3) is 4.99. The van der Waals surface area contributed by atoms with E-state index in [2.05, 4.69) is 31.7 Å². The van der Waals surface area contributed by atoms with Crippen LogP contribution in [0.4, 0.5) is 16.8 Å². The maximum Gasteiger partial charge on any atom is 0.189 e. The molecular weight excluding hydrogens is 448 g/mol. The molecule has 3 heterocycles. The van der Waals surface area contributed by atoms with Gasteiger partial charge in [-0.15, -0.1) is 0 Å². The van der Waals surface area contributed by atoms with Crippen LogP contribution in [0.25, 0.3) is 21.3 Å². The molecule has 1 aromatic carbocycles. The summed E-state index contributed by atoms with van der Waals surface area (Å²) in [6, 6.07) is 13.8. The molecule has 0 unspecified atom stereocenters. The molecule has 1 aliphatic rings. The highest BCUT2D eigenvalue weighted by molar-refractivity contribution is 7.22. The fourth-order valence-corrected chi connectivity index (χ4v) is 5.08. The smallest absolute Gasteiger partial charge is 0.189 e. The van der Waals surface area contributed by atoms with E-state index >= 15 is 0 Å². The zero-order valence-corrected chi connectivity index (χ0v) is 19.2. The van der Waals surface area contributed by atoms with Crippen molar-refractivity contribution in [3.8, 4) is 17.2 Å². The van der Waals surface area contributed by atoms with Crippen LogP contribution in [0.1, 0.15) is 36.8 Å². The van der Waals surface area contributed by atoms with Crippen LogP contribution in [0.2, 0.25) is 0 Å². The molecule has 9 heteroatoms. The number of hydrogen-bond acceptors (Lipinski definition) is 9. The van der Waals surface area contributed by atoms with Crippen LogP contribution in [-0.2, 0) is 6.61 Å². The molecule has 0 spiro atoms. The van der Waals surface area contributed by atoms with Gasteiger partial charge >= 0.3 is 0 Å². The number of aliphatic hydroxyl groups excluding tert-OH is 2. The zero-order valence-electron chi connectivity index (χ0n) is 18.4. The number of rotatable bonds is 6. The Hall–Kier alpha value is -3.58. The summed E-state index contributed by atoms with van der Waals surface area (Å²) in [6.45, 7) is -0.0890. The van der Waals surface area contributed by atoms with Crippen LogP contribution in [-0.4, -0.2) is 37.3 Å². The van der Waals surface area contributed by atoms with Gasteiger partial charge in [0.25, 0.3) is 0 Å². The molecule has 0 saturated heterocycles. The van der Waals surface area contributed by atoms with Crippen LogP contribution in [0.15, 0.2) is 48.8 Å². The summed E-state index contributed by atoms with van der Waals surface area (Å²) in [5.74, 6) is 1.30. The van der Waals surface area contributed by atoms with E-state index in [1.165, 1.54) is 11.3 Å². The highest BCUT2D eigenvalue weighted by Gasteiger charge is 2.20. The number of thiazole rings is 1. The van der Waals surface area contributed by atoms with Gasteiger partial charge in [0.2, 0.25) is 0 Å². The number of aliphatic hydroxyl groups is 2. The first-order valence-electron chi connectivity index (χ1n) is 11.2. The van der Waals surface area contributed by atoms with E-state index in [-0.39, 0.29) is 18.8 Å². The summed E-state index contributed by atoms with van der Waals surface area (Å²) >= 11 is 1.51. The zero-order chi connectivity index (χ0) is 23.5. The number of anilines is 3. The largest absolute Gasteiger partial charge is 0.393 e. The van der Waals surface area contributed by atoms with Crippen LogP contribution >= 0.6 is 11.3 Å². The molecular formula is C25H24N6O2S. The minimum Gasteiger partial charge on any atom is -0.393 e. The second kappa shape index (κ2) is 9.73. The van der Waals surface area contributed by atoms with Gasteiger partial charge in [-0.05, 0) is 67.1 Å². The first-order valence-corrected chi connectivity index (χ1v) is 12.0. The number of pyridine rings is 2. The Kier molecular flexibility index (Phi) is 6.36. The van der Waals surface area contributed by atoms with Crippen molar-refractivity contribution in [1.82, 2.24) is 15.0 Å². The van der Waals surface area contributed by atoms with Crippen molar-refractivity contribution in [2.75, 3.05) is 10.6 Å². The second-order valence-electron chi connectivity index (χ2n) is 8.45. The van der Waals surface area contributed by atoms with Crippen molar-refractivity contribution in [2.24, 2.45) is 0 Å². The summed E-state index contributed by atoms with van der Waals surface area (Å²) in [6.07, 6.45) is 6.43. The average molecular weight is 473 g/mol. The summed E-state index contributed by atoms with van der Waals surface area (Å²) in [5.41, 5.74) is 3.99. The van der Waals surface area contributed by atoms with E-state index in [0.29, 0.717) is 22.3 Å². The van der Waals surface area contributed by atoms with Crippen LogP contribution in [0.5, 0.6) is 0 Å². The van der Waals surface area contributed by atoms with Crippen molar-refractivity contribution in [3.05, 3.63) is 59.9 Å². The molecule has 0 aliphatic heterocycles. The van der Waals surface area contributed by atoms with Gasteiger partial charge in [-0.25, -0.2) is 9.97 Å². The lowest BCUT2D eigenvalue weighted by molar-refractivity contribution is 0.126. The molecule has 0 atom stereocenters. The standard InChI is InChI=1S/C25H24N6O2S/c26-11-16-7-18(13-27-12-16)17-1-6-21-22(10-17)34-25(29-21)31-24-9-15(14-32)8-23(30-24)28-19-2-4-20(33)5-3-19/h1,6-10,12-13,19-20,32-33H,2-5,14H2,(H2,28,29,30,31). The van der Waals surface area contributed by atoms with E-state index in [0.717, 1.165) is 52.6 Å². The van der Waals surface area contributed by atoms with Gasteiger partial charge < -0.3 is 20.8 Å². The fraction of sp³-hybridized carbons (Fsp3) is 0.280. The Morgan fingerprint density at radius 1 is 1.00 bits per heavy atom. The first kappa shape index (κ1) is 22.2. The number of fused-ring (bicyclic) bond motifs is 1. The molecule has 1 saturated carbocycles. The normalized spacial score (nSPS) is 17.9. The Bertz CT molecular complexity index is 1360. The Morgan fingerprint density at radius 2 is 1.82 bits per heavy atom. The summed E-state index contributed by atoms with van der Waals surface area (Å²) in [4.78, 5) is 13.5. The molecule has 0 amide bonds. The van der Waals surface area contributed by atoms with Crippen LogP contribution in [0, 0.1) is 11.3 Å². The number of nitrogens with zero attached hydrogens (tertiary/aromatic N) is 4. The number of benzene rings is 1. The molecule has 34 heavy (non-hydrogen) atoms. The number of nitrogens with one attached hydrogen (secondary N) is 2. The van der Waals surface area contributed by atoms with E-state index in [9.17, 15) is 10.2 Å². The first-order chi connectivity index (χ1) is 16.6. The van der Waals surface area contributed by atoms with Gasteiger partial charge in [0.05, 0.1) is 28.5 Å². The monoisotopic (exact) mass is 472 g/mol. The molecule has 5 rings (SSSR count). The van der Waals surface area contributed by atoms with Crippen molar-refractivity contribution in [1.29, 1.82) is 5.26 Å². The lowest BCUT2D eigenvalue weighted by Crippen LogP contribution is -2.28. The lowest BCUT2D eigenvalue weighted by Gasteiger charge is -2.26. The van der Waals surface area contributed by atoms with Crippen LogP contribution in [0.3, 0.4) is 0 Å². The molecule has 4 N–H and O–H groups in total. The molecule has 4 aromatic rings. The van der Waals surface area contributed by atoms with E-state index in [1.54, 1.807) is 12.4 Å². The van der Waals surface area contributed by atoms with Crippen molar-refractivity contribution in [2.45, 2.75) is 44.4 Å². The van der Waals surface area contributed by atoms with Gasteiger partial charge in [0.15, 0.2) is 5.13 Å². The molecule has 8 nitrogen and oxygen atoms in total. The average Bonchev–Trinajstić information content (AvgIpc) is 3.26. The topological polar surface area (TPSA) is 127 Å². The van der Waals surface area contributed by atoms with Crippen LogP contribution < -0.4 is 10.6 Å². The Morgan fingerprint density at radius 3 is 2.62 bits per heavy atom. The highest BCUT2D eigenvalue weighted by Crippen LogP contribution is 2.32. The highest BCUT2D eigenvalue weighted by atomic mass is 32.1. The molecule has 1 aliphatic carbocycles.